The molecule has 22 heavy (non-hydrogen) atoms. The lowest BCUT2D eigenvalue weighted by atomic mass is 10.3. The summed E-state index contributed by atoms with van der Waals surface area (Å²) in [5.74, 6) is 0.323. The molecular formula is C15H11N2O3S2-. The van der Waals surface area contributed by atoms with E-state index in [4.69, 9.17) is 0 Å². The molecule has 0 spiro atoms. The molecule has 0 aliphatic carbocycles. The zero-order chi connectivity index (χ0) is 15.5. The molecule has 5 nitrogen and oxygen atoms in total. The highest BCUT2D eigenvalue weighted by atomic mass is 32.2. The molecule has 1 saturated heterocycles. The lowest BCUT2D eigenvalue weighted by molar-refractivity contribution is -0.115. The molecule has 0 bridgehead atoms. The molecule has 1 atom stereocenters. The number of amides is 1. The summed E-state index contributed by atoms with van der Waals surface area (Å²) in [5.41, 5.74) is 1.38. The van der Waals surface area contributed by atoms with Crippen LogP contribution in [0.1, 0.15) is 0 Å². The lowest BCUT2D eigenvalue weighted by Gasteiger charge is -2.15. The van der Waals surface area contributed by atoms with Gasteiger partial charge in [0.2, 0.25) is 5.91 Å². The van der Waals surface area contributed by atoms with Crippen LogP contribution in [0.4, 0.5) is 11.4 Å². The second-order valence-electron chi connectivity index (χ2n) is 4.48. The summed E-state index contributed by atoms with van der Waals surface area (Å²) >= 11 is -0.888. The Morgan fingerprint density at radius 1 is 1.09 bits per heavy atom. The topological polar surface area (TPSA) is 72.8 Å². The van der Waals surface area contributed by atoms with E-state index < -0.39 is 11.1 Å². The summed E-state index contributed by atoms with van der Waals surface area (Å²) in [6.45, 7) is 0. The third kappa shape index (κ3) is 3.11. The van der Waals surface area contributed by atoms with Crippen molar-refractivity contribution in [1.82, 2.24) is 0 Å². The minimum atomic E-state index is -2.25. The van der Waals surface area contributed by atoms with Gasteiger partial charge in [-0.1, -0.05) is 30.0 Å². The Labute approximate surface area is 134 Å². The van der Waals surface area contributed by atoms with Crippen LogP contribution in [0.2, 0.25) is 0 Å². The van der Waals surface area contributed by atoms with Crippen LogP contribution in [-0.4, -0.2) is 25.6 Å². The van der Waals surface area contributed by atoms with Crippen molar-refractivity contribution >= 4 is 45.3 Å². The molecule has 0 aromatic heterocycles. The molecule has 1 amide bonds. The fourth-order valence-corrected chi connectivity index (χ4v) is 3.26. The summed E-state index contributed by atoms with van der Waals surface area (Å²) in [6.07, 6.45) is 0. The van der Waals surface area contributed by atoms with Crippen molar-refractivity contribution in [2.75, 3.05) is 10.7 Å². The average molecular weight is 331 g/mol. The molecule has 112 valence electrons. The van der Waals surface area contributed by atoms with Gasteiger partial charge in [0.15, 0.2) is 5.17 Å². The van der Waals surface area contributed by atoms with E-state index in [1.807, 2.05) is 30.3 Å². The number of thioether (sulfide) groups is 1. The van der Waals surface area contributed by atoms with Crippen molar-refractivity contribution in [3.63, 3.8) is 0 Å². The fraction of sp³-hybridized carbons (Fsp3) is 0.0667. The Morgan fingerprint density at radius 2 is 1.77 bits per heavy atom. The van der Waals surface area contributed by atoms with Crippen molar-refractivity contribution < 1.29 is 13.6 Å². The van der Waals surface area contributed by atoms with Crippen molar-refractivity contribution in [1.29, 1.82) is 0 Å². The molecule has 3 rings (SSSR count). The van der Waals surface area contributed by atoms with Gasteiger partial charge in [-0.2, -0.15) is 0 Å². The molecule has 1 aliphatic heterocycles. The maximum absolute atomic E-state index is 12.1. The quantitative estimate of drug-likeness (QED) is 0.811. The summed E-state index contributed by atoms with van der Waals surface area (Å²) in [7, 11) is 0. The van der Waals surface area contributed by atoms with E-state index in [1.165, 1.54) is 23.9 Å². The van der Waals surface area contributed by atoms with Crippen LogP contribution in [0.5, 0.6) is 0 Å². The molecule has 2 aromatic carbocycles. The smallest absolute Gasteiger partial charge is 0.243 e. The van der Waals surface area contributed by atoms with E-state index in [9.17, 15) is 13.6 Å². The Balaban J connectivity index is 1.92. The van der Waals surface area contributed by atoms with Gasteiger partial charge in [0, 0.05) is 4.90 Å². The number of hydrogen-bond acceptors (Lipinski definition) is 5. The molecule has 7 heteroatoms. The first-order valence-electron chi connectivity index (χ1n) is 6.44. The number of aliphatic imine (C=N–C) groups is 1. The van der Waals surface area contributed by atoms with Crippen LogP contribution in [0.15, 0.2) is 64.5 Å². The Kier molecular flexibility index (Phi) is 4.37. The number of para-hydroxylation sites is 1. The predicted molar refractivity (Wildman–Crippen MR) is 87.1 cm³/mol. The Morgan fingerprint density at radius 3 is 2.41 bits per heavy atom. The van der Waals surface area contributed by atoms with Crippen molar-refractivity contribution in [3.8, 4) is 0 Å². The van der Waals surface area contributed by atoms with Gasteiger partial charge in [-0.05, 0) is 47.5 Å². The standard InChI is InChI=1S/C15H12N2O3S2/c18-14-10-21-15(17(14)12-4-2-1-3-5-12)16-11-6-8-13(9-7-11)22(19)20/h1-9H,10H2,(H,19,20)/p-1. The number of anilines is 1. The summed E-state index contributed by atoms with van der Waals surface area (Å²) in [5, 5.41) is 0.590. The molecule has 0 radical (unpaired) electrons. The van der Waals surface area contributed by atoms with Gasteiger partial charge in [0.05, 0.1) is 17.1 Å². The minimum absolute atomic E-state index is 0.0211. The first-order chi connectivity index (χ1) is 10.6. The molecule has 2 aromatic rings. The average Bonchev–Trinajstić information content (AvgIpc) is 2.89. The Bertz CT molecular complexity index is 745. The number of carbonyl (C=O) groups is 1. The van der Waals surface area contributed by atoms with Gasteiger partial charge in [-0.15, -0.1) is 0 Å². The van der Waals surface area contributed by atoms with Crippen LogP contribution in [0.25, 0.3) is 0 Å². The summed E-state index contributed by atoms with van der Waals surface area (Å²) in [6, 6.07) is 15.5. The zero-order valence-electron chi connectivity index (χ0n) is 11.3. The predicted octanol–water partition coefficient (Wildman–Crippen LogP) is 2.69. The van der Waals surface area contributed by atoms with Crippen LogP contribution in [0, 0.1) is 0 Å². The van der Waals surface area contributed by atoms with E-state index in [-0.39, 0.29) is 10.8 Å². The highest BCUT2D eigenvalue weighted by Gasteiger charge is 2.29. The molecule has 1 heterocycles. The van der Waals surface area contributed by atoms with Gasteiger partial charge < -0.3 is 4.55 Å². The minimum Gasteiger partial charge on any atom is -0.768 e. The number of carbonyl (C=O) groups excluding carboxylic acids is 1. The molecule has 1 fully saturated rings. The third-order valence-electron chi connectivity index (χ3n) is 3.03. The zero-order valence-corrected chi connectivity index (χ0v) is 13.0. The van der Waals surface area contributed by atoms with Gasteiger partial charge in [0.1, 0.15) is 0 Å². The number of rotatable bonds is 3. The summed E-state index contributed by atoms with van der Waals surface area (Å²) in [4.78, 5) is 18.3. The second-order valence-corrected chi connectivity index (χ2v) is 6.36. The van der Waals surface area contributed by atoms with E-state index in [0.717, 1.165) is 5.69 Å². The maximum Gasteiger partial charge on any atom is 0.243 e. The van der Waals surface area contributed by atoms with Crippen molar-refractivity contribution in [2.45, 2.75) is 4.90 Å². The monoisotopic (exact) mass is 331 g/mol. The van der Waals surface area contributed by atoms with Gasteiger partial charge in [-0.3, -0.25) is 13.9 Å². The van der Waals surface area contributed by atoms with Crippen molar-refractivity contribution in [3.05, 3.63) is 54.6 Å². The molecule has 0 N–H and O–H groups in total. The van der Waals surface area contributed by atoms with E-state index >= 15 is 0 Å². The van der Waals surface area contributed by atoms with Crippen LogP contribution < -0.4 is 4.90 Å². The van der Waals surface area contributed by atoms with Crippen LogP contribution in [-0.2, 0) is 15.9 Å². The highest BCUT2D eigenvalue weighted by Crippen LogP contribution is 2.28. The van der Waals surface area contributed by atoms with Gasteiger partial charge in [0.25, 0.3) is 0 Å². The number of nitrogens with zero attached hydrogens (tertiary/aromatic N) is 2. The third-order valence-corrected chi connectivity index (χ3v) is 4.61. The first kappa shape index (κ1) is 15.0. The number of amidine groups is 1. The van der Waals surface area contributed by atoms with Crippen LogP contribution in [0.3, 0.4) is 0 Å². The van der Waals surface area contributed by atoms with Crippen LogP contribution >= 0.6 is 11.8 Å². The van der Waals surface area contributed by atoms with E-state index in [1.54, 1.807) is 17.0 Å². The van der Waals surface area contributed by atoms with Gasteiger partial charge in [-0.25, -0.2) is 4.99 Å². The number of hydrogen-bond donors (Lipinski definition) is 0. The normalized spacial score (nSPS) is 18.0. The maximum atomic E-state index is 12.1. The molecule has 1 unspecified atom stereocenters. The van der Waals surface area contributed by atoms with E-state index in [2.05, 4.69) is 4.99 Å². The second kappa shape index (κ2) is 6.43. The highest BCUT2D eigenvalue weighted by molar-refractivity contribution is 8.15. The number of benzene rings is 2. The first-order valence-corrected chi connectivity index (χ1v) is 8.50. The molecular weight excluding hydrogens is 320 g/mol. The Hall–Kier alpha value is -1.96. The SMILES string of the molecule is O=C1CSC(=Nc2ccc(S(=O)[O-])cc2)N1c1ccccc1. The summed E-state index contributed by atoms with van der Waals surface area (Å²) < 4.78 is 21.7. The van der Waals surface area contributed by atoms with Gasteiger partial charge >= 0.3 is 0 Å². The fourth-order valence-electron chi connectivity index (χ4n) is 2.02. The lowest BCUT2D eigenvalue weighted by Crippen LogP contribution is -2.28. The molecule has 0 saturated carbocycles. The van der Waals surface area contributed by atoms with Crippen molar-refractivity contribution in [2.24, 2.45) is 4.99 Å². The van der Waals surface area contributed by atoms with E-state index in [0.29, 0.717) is 16.6 Å². The molecule has 1 aliphatic rings. The largest absolute Gasteiger partial charge is 0.768 e.